The van der Waals surface area contributed by atoms with E-state index in [1.54, 1.807) is 25.3 Å². The molecular formula is C16H22N2O5S. The lowest BCUT2D eigenvalue weighted by Gasteiger charge is -2.27. The summed E-state index contributed by atoms with van der Waals surface area (Å²) in [6.07, 6.45) is 0.672. The topological polar surface area (TPSA) is 84.9 Å². The van der Waals surface area contributed by atoms with Crippen LogP contribution in [0.4, 0.5) is 0 Å². The van der Waals surface area contributed by atoms with Crippen LogP contribution in [0.1, 0.15) is 12.5 Å². The van der Waals surface area contributed by atoms with Crippen molar-refractivity contribution in [3.63, 3.8) is 0 Å². The molecule has 0 saturated carbocycles. The van der Waals surface area contributed by atoms with Gasteiger partial charge in [-0.25, -0.2) is 8.42 Å². The van der Waals surface area contributed by atoms with Crippen molar-refractivity contribution in [3.8, 4) is 5.75 Å². The third-order valence-electron chi connectivity index (χ3n) is 4.47. The van der Waals surface area contributed by atoms with Gasteiger partial charge in [-0.05, 0) is 30.2 Å². The first-order chi connectivity index (χ1) is 11.5. The maximum Gasteiger partial charge on any atom is 0.243 e. The van der Waals surface area contributed by atoms with Gasteiger partial charge in [0.2, 0.25) is 15.9 Å². The van der Waals surface area contributed by atoms with Crippen molar-refractivity contribution in [1.29, 1.82) is 0 Å². The number of fused-ring (bicyclic) bond motifs is 3. The fourth-order valence-electron chi connectivity index (χ4n) is 3.13. The van der Waals surface area contributed by atoms with E-state index in [1.165, 1.54) is 4.31 Å². The van der Waals surface area contributed by atoms with Gasteiger partial charge in [-0.3, -0.25) is 4.79 Å². The highest BCUT2D eigenvalue weighted by Crippen LogP contribution is 2.27. The van der Waals surface area contributed by atoms with Gasteiger partial charge in [0.25, 0.3) is 0 Å². The summed E-state index contributed by atoms with van der Waals surface area (Å²) in [6, 6.07) is 4.57. The Kier molecular flexibility index (Phi) is 4.80. The zero-order valence-corrected chi connectivity index (χ0v) is 14.6. The van der Waals surface area contributed by atoms with Crippen molar-refractivity contribution >= 4 is 15.9 Å². The highest BCUT2D eigenvalue weighted by atomic mass is 32.2. The van der Waals surface area contributed by atoms with Crippen molar-refractivity contribution in [2.45, 2.75) is 24.3 Å². The minimum absolute atomic E-state index is 0.137. The van der Waals surface area contributed by atoms with Gasteiger partial charge >= 0.3 is 0 Å². The Morgan fingerprint density at radius 3 is 2.83 bits per heavy atom. The molecule has 0 radical (unpaired) electrons. The van der Waals surface area contributed by atoms with Gasteiger partial charge in [-0.1, -0.05) is 6.92 Å². The van der Waals surface area contributed by atoms with Crippen LogP contribution in [-0.2, 0) is 26.0 Å². The molecule has 0 aliphatic carbocycles. The molecule has 2 aliphatic heterocycles. The number of carbonyl (C=O) groups excluding carboxylic acids is 1. The molecule has 2 bridgehead atoms. The molecule has 3 rings (SSSR count). The van der Waals surface area contributed by atoms with Crippen LogP contribution < -0.4 is 10.1 Å². The number of hydrogen-bond acceptors (Lipinski definition) is 5. The van der Waals surface area contributed by atoms with Crippen molar-refractivity contribution in [3.05, 3.63) is 23.8 Å². The fourth-order valence-corrected chi connectivity index (χ4v) is 4.71. The summed E-state index contributed by atoms with van der Waals surface area (Å²) in [6.45, 7) is 2.88. The van der Waals surface area contributed by atoms with Gasteiger partial charge in [0.1, 0.15) is 5.75 Å². The number of rotatable bonds is 4. The zero-order chi connectivity index (χ0) is 17.3. The van der Waals surface area contributed by atoms with E-state index in [0.717, 1.165) is 5.56 Å². The molecular weight excluding hydrogens is 332 g/mol. The van der Waals surface area contributed by atoms with Crippen LogP contribution in [0.15, 0.2) is 23.1 Å². The average Bonchev–Trinajstić information content (AvgIpc) is 2.82. The number of ether oxygens (including phenoxy) is 2. The zero-order valence-electron chi connectivity index (χ0n) is 13.8. The molecule has 7 nitrogen and oxygen atoms in total. The predicted octanol–water partition coefficient (Wildman–Crippen LogP) is 0.393. The van der Waals surface area contributed by atoms with Crippen molar-refractivity contribution < 1.29 is 22.7 Å². The fraction of sp³-hybridized carbons (Fsp3) is 0.562. The lowest BCUT2D eigenvalue weighted by molar-refractivity contribution is -0.125. The smallest absolute Gasteiger partial charge is 0.243 e. The van der Waals surface area contributed by atoms with Gasteiger partial charge in [-0.2, -0.15) is 4.31 Å². The summed E-state index contributed by atoms with van der Waals surface area (Å²) >= 11 is 0. The third-order valence-corrected chi connectivity index (χ3v) is 6.30. The Balaban J connectivity index is 1.94. The van der Waals surface area contributed by atoms with E-state index in [0.29, 0.717) is 18.8 Å². The van der Waals surface area contributed by atoms with Crippen molar-refractivity contribution in [2.75, 3.05) is 33.4 Å². The Labute approximate surface area is 142 Å². The number of nitrogens with one attached hydrogen (secondary N) is 1. The van der Waals surface area contributed by atoms with Gasteiger partial charge < -0.3 is 14.8 Å². The molecule has 2 aliphatic rings. The molecule has 1 aromatic rings. The third kappa shape index (κ3) is 3.13. The Hall–Kier alpha value is -1.64. The van der Waals surface area contributed by atoms with Crippen LogP contribution in [0.2, 0.25) is 0 Å². The number of amides is 1. The van der Waals surface area contributed by atoms with E-state index < -0.39 is 15.9 Å². The van der Waals surface area contributed by atoms with E-state index in [2.05, 4.69) is 5.32 Å². The first kappa shape index (κ1) is 17.2. The summed E-state index contributed by atoms with van der Waals surface area (Å²) in [5.41, 5.74) is 0.839. The summed E-state index contributed by atoms with van der Waals surface area (Å²) in [5, 5.41) is 2.85. The van der Waals surface area contributed by atoms with Crippen molar-refractivity contribution in [1.82, 2.24) is 9.62 Å². The summed E-state index contributed by atoms with van der Waals surface area (Å²) < 4.78 is 38.2. The first-order valence-corrected chi connectivity index (χ1v) is 9.45. The second-order valence-corrected chi connectivity index (χ2v) is 8.03. The molecule has 1 amide bonds. The van der Waals surface area contributed by atoms with Gasteiger partial charge in [0.05, 0.1) is 37.2 Å². The van der Waals surface area contributed by atoms with E-state index in [9.17, 15) is 13.2 Å². The number of hydrogen-bond donors (Lipinski definition) is 1. The van der Waals surface area contributed by atoms with E-state index in [4.69, 9.17) is 9.47 Å². The molecule has 1 aromatic carbocycles. The number of sulfonamides is 1. The van der Waals surface area contributed by atoms with Crippen LogP contribution in [-0.4, -0.2) is 58.1 Å². The van der Waals surface area contributed by atoms with Crippen molar-refractivity contribution in [2.24, 2.45) is 5.92 Å². The summed E-state index contributed by atoms with van der Waals surface area (Å²) in [7, 11) is -2.11. The van der Waals surface area contributed by atoms with Crippen LogP contribution in [0.25, 0.3) is 0 Å². The molecule has 2 fully saturated rings. The van der Waals surface area contributed by atoms with Crippen LogP contribution >= 0.6 is 0 Å². The summed E-state index contributed by atoms with van der Waals surface area (Å²) in [4.78, 5) is 12.3. The quantitative estimate of drug-likeness (QED) is 0.846. The molecule has 2 saturated heterocycles. The number of aryl methyl sites for hydroxylation is 1. The van der Waals surface area contributed by atoms with Gasteiger partial charge in [0, 0.05) is 13.1 Å². The molecule has 0 spiro atoms. The SMILES string of the molecule is CCc1cc(S(=O)(=O)N2C[C@H]3COC[C@@H](C2)C(=O)N3)ccc1OC. The monoisotopic (exact) mass is 354 g/mol. The molecule has 1 N–H and O–H groups in total. The number of benzene rings is 1. The molecule has 0 unspecified atom stereocenters. The van der Waals surface area contributed by atoms with E-state index in [1.807, 2.05) is 6.92 Å². The molecule has 2 atom stereocenters. The molecule has 8 heteroatoms. The maximum absolute atomic E-state index is 13.1. The first-order valence-electron chi connectivity index (χ1n) is 8.01. The van der Waals surface area contributed by atoms with Gasteiger partial charge in [0.15, 0.2) is 0 Å². The molecule has 2 heterocycles. The number of carbonyl (C=O) groups is 1. The Bertz CT molecular complexity index is 734. The highest BCUT2D eigenvalue weighted by Gasteiger charge is 2.38. The summed E-state index contributed by atoms with van der Waals surface area (Å²) in [5.74, 6) is 0.0600. The largest absolute Gasteiger partial charge is 0.496 e. The predicted molar refractivity (Wildman–Crippen MR) is 87.4 cm³/mol. The number of nitrogens with zero attached hydrogens (tertiary/aromatic N) is 1. The van der Waals surface area contributed by atoms with E-state index in [-0.39, 0.29) is 36.5 Å². The standard InChI is InChI=1S/C16H22N2O5S/c1-3-11-6-14(4-5-15(11)22-2)24(20,21)18-7-12-9-23-10-13(8-18)17-16(12)19/h4-6,12-13H,3,7-10H2,1-2H3,(H,17,19)/t12-,13+/m1/s1. The van der Waals surface area contributed by atoms with Gasteiger partial charge in [-0.15, -0.1) is 0 Å². The maximum atomic E-state index is 13.1. The lowest BCUT2D eigenvalue weighted by Crippen LogP contribution is -2.44. The Morgan fingerprint density at radius 2 is 2.12 bits per heavy atom. The lowest BCUT2D eigenvalue weighted by atomic mass is 10.1. The molecule has 24 heavy (non-hydrogen) atoms. The second kappa shape index (κ2) is 6.70. The normalized spacial score (nSPS) is 25.0. The number of methoxy groups -OCH3 is 1. The molecule has 0 aromatic heterocycles. The minimum Gasteiger partial charge on any atom is -0.496 e. The molecule has 132 valence electrons. The van der Waals surface area contributed by atoms with Crippen LogP contribution in [0.5, 0.6) is 5.75 Å². The van der Waals surface area contributed by atoms with E-state index >= 15 is 0 Å². The second-order valence-electron chi connectivity index (χ2n) is 6.09. The minimum atomic E-state index is -3.68. The highest BCUT2D eigenvalue weighted by molar-refractivity contribution is 7.89. The van der Waals surface area contributed by atoms with Crippen LogP contribution in [0, 0.1) is 5.92 Å². The van der Waals surface area contributed by atoms with Crippen LogP contribution in [0.3, 0.4) is 0 Å². The Morgan fingerprint density at radius 1 is 1.33 bits per heavy atom. The average molecular weight is 354 g/mol.